The normalized spacial score (nSPS) is 11.1. The first-order valence-corrected chi connectivity index (χ1v) is 13.3. The van der Waals surface area contributed by atoms with E-state index in [0.717, 1.165) is 38.5 Å². The molecule has 0 saturated carbocycles. The Morgan fingerprint density at radius 3 is 1.28 bits per heavy atom. The number of allylic oxidation sites excluding steroid dienone is 4. The van der Waals surface area contributed by atoms with Crippen molar-refractivity contribution in [2.24, 2.45) is 0 Å². The van der Waals surface area contributed by atoms with Gasteiger partial charge in [-0.15, -0.1) is 0 Å². The molecule has 4 heteroatoms. The van der Waals surface area contributed by atoms with Gasteiger partial charge in [0.1, 0.15) is 0 Å². The van der Waals surface area contributed by atoms with Crippen LogP contribution in [0.1, 0.15) is 142 Å². The molecule has 0 aliphatic carbocycles. The molecule has 0 aliphatic rings. The van der Waals surface area contributed by atoms with Crippen LogP contribution in [-0.4, -0.2) is 22.2 Å². The Balaban J connectivity index is 0. The number of carbonyl (C=O) groups is 2. The van der Waals surface area contributed by atoms with E-state index in [1.165, 1.54) is 77.0 Å². The largest absolute Gasteiger partial charge is 0.481 e. The lowest BCUT2D eigenvalue weighted by Crippen LogP contribution is -1.93. The summed E-state index contributed by atoms with van der Waals surface area (Å²) in [6.07, 6.45) is 30.9. The SMILES string of the molecule is CCCCC/C=C\C/C=C\CCCCCCCC(=O)O.CCCCCCCCCC(=O)O. The molecular formula is C28H52O4. The van der Waals surface area contributed by atoms with Gasteiger partial charge in [0.25, 0.3) is 0 Å². The van der Waals surface area contributed by atoms with E-state index in [-0.39, 0.29) is 0 Å². The van der Waals surface area contributed by atoms with Crippen LogP contribution >= 0.6 is 0 Å². The number of rotatable bonds is 22. The van der Waals surface area contributed by atoms with Gasteiger partial charge in [-0.2, -0.15) is 0 Å². The molecule has 0 bridgehead atoms. The van der Waals surface area contributed by atoms with E-state index >= 15 is 0 Å². The van der Waals surface area contributed by atoms with E-state index in [0.29, 0.717) is 12.8 Å². The van der Waals surface area contributed by atoms with Crippen molar-refractivity contribution in [3.63, 3.8) is 0 Å². The van der Waals surface area contributed by atoms with Crippen LogP contribution in [0.15, 0.2) is 24.3 Å². The summed E-state index contributed by atoms with van der Waals surface area (Å²) in [7, 11) is 0. The second-order valence-electron chi connectivity index (χ2n) is 8.64. The quantitative estimate of drug-likeness (QED) is 0.127. The number of aliphatic carboxylic acids is 2. The standard InChI is InChI=1S/C18H32O2.C10H20O2/c1-2-3-4-5-6-7-8-9-10-11-12-13-14-15-16-17-18(19)20;1-2-3-4-5-6-7-8-9-10(11)12/h6-7,9-10H,2-5,8,11-17H2,1H3,(H,19,20);2-9H2,1H3,(H,11,12)/b7-6-,10-9-;. The van der Waals surface area contributed by atoms with Gasteiger partial charge in [0, 0.05) is 12.8 Å². The van der Waals surface area contributed by atoms with Crippen molar-refractivity contribution in [3.05, 3.63) is 24.3 Å². The zero-order chi connectivity index (χ0) is 24.1. The van der Waals surface area contributed by atoms with Gasteiger partial charge in [0.05, 0.1) is 0 Å². The number of hydrogen-bond donors (Lipinski definition) is 2. The molecule has 188 valence electrons. The van der Waals surface area contributed by atoms with Gasteiger partial charge < -0.3 is 10.2 Å². The summed E-state index contributed by atoms with van der Waals surface area (Å²) in [5.41, 5.74) is 0. The maximum absolute atomic E-state index is 10.3. The van der Waals surface area contributed by atoms with Crippen molar-refractivity contribution in [1.82, 2.24) is 0 Å². The van der Waals surface area contributed by atoms with Crippen molar-refractivity contribution < 1.29 is 19.8 Å². The lowest BCUT2D eigenvalue weighted by Gasteiger charge is -1.98. The molecule has 0 unspecified atom stereocenters. The topological polar surface area (TPSA) is 74.6 Å². The zero-order valence-corrected chi connectivity index (χ0v) is 21.2. The predicted molar refractivity (Wildman–Crippen MR) is 137 cm³/mol. The molecule has 0 aromatic heterocycles. The highest BCUT2D eigenvalue weighted by Gasteiger charge is 1.96. The number of carboxylic acids is 2. The smallest absolute Gasteiger partial charge is 0.303 e. The maximum Gasteiger partial charge on any atom is 0.303 e. The second kappa shape index (κ2) is 29.4. The third-order valence-electron chi connectivity index (χ3n) is 5.34. The van der Waals surface area contributed by atoms with Crippen molar-refractivity contribution >= 4 is 11.9 Å². The van der Waals surface area contributed by atoms with E-state index in [1.807, 2.05) is 0 Å². The van der Waals surface area contributed by atoms with Gasteiger partial charge in [-0.3, -0.25) is 9.59 Å². The van der Waals surface area contributed by atoms with Crippen LogP contribution in [0.3, 0.4) is 0 Å². The van der Waals surface area contributed by atoms with Crippen LogP contribution in [0.2, 0.25) is 0 Å². The van der Waals surface area contributed by atoms with Gasteiger partial charge in [-0.1, -0.05) is 109 Å². The first kappa shape index (κ1) is 32.6. The van der Waals surface area contributed by atoms with Gasteiger partial charge in [0.15, 0.2) is 0 Å². The summed E-state index contributed by atoms with van der Waals surface area (Å²) in [6.45, 7) is 4.43. The second-order valence-corrected chi connectivity index (χ2v) is 8.64. The molecule has 0 fully saturated rings. The molecule has 0 atom stereocenters. The number of hydrogen-bond acceptors (Lipinski definition) is 2. The molecule has 2 N–H and O–H groups in total. The van der Waals surface area contributed by atoms with E-state index < -0.39 is 11.9 Å². The molecule has 0 saturated heterocycles. The van der Waals surface area contributed by atoms with Crippen molar-refractivity contribution in [3.8, 4) is 0 Å². The van der Waals surface area contributed by atoms with Crippen LogP contribution in [-0.2, 0) is 9.59 Å². The van der Waals surface area contributed by atoms with Gasteiger partial charge >= 0.3 is 11.9 Å². The van der Waals surface area contributed by atoms with Crippen LogP contribution in [0.5, 0.6) is 0 Å². The number of carboxylic acid groups (broad SMARTS) is 2. The third-order valence-corrected chi connectivity index (χ3v) is 5.34. The molecule has 0 heterocycles. The average molecular weight is 453 g/mol. The van der Waals surface area contributed by atoms with E-state index in [2.05, 4.69) is 38.2 Å². The van der Waals surface area contributed by atoms with Gasteiger partial charge in [-0.05, 0) is 44.9 Å². The molecule has 0 rings (SSSR count). The highest BCUT2D eigenvalue weighted by molar-refractivity contribution is 5.66. The Morgan fingerprint density at radius 2 is 0.844 bits per heavy atom. The molecule has 0 amide bonds. The Morgan fingerprint density at radius 1 is 0.500 bits per heavy atom. The highest BCUT2D eigenvalue weighted by Crippen LogP contribution is 2.09. The summed E-state index contributed by atoms with van der Waals surface area (Å²) in [6, 6.07) is 0. The first-order chi connectivity index (χ1) is 15.5. The number of unbranched alkanes of at least 4 members (excludes halogenated alkanes) is 14. The monoisotopic (exact) mass is 452 g/mol. The zero-order valence-electron chi connectivity index (χ0n) is 21.2. The van der Waals surface area contributed by atoms with Crippen molar-refractivity contribution in [2.45, 2.75) is 142 Å². The molecule has 4 nitrogen and oxygen atoms in total. The first-order valence-electron chi connectivity index (χ1n) is 13.3. The highest BCUT2D eigenvalue weighted by atomic mass is 16.4. The summed E-state index contributed by atoms with van der Waals surface area (Å²) in [5, 5.41) is 16.9. The fourth-order valence-corrected chi connectivity index (χ4v) is 3.32. The summed E-state index contributed by atoms with van der Waals surface area (Å²) in [4.78, 5) is 20.5. The Bertz CT molecular complexity index is 454. The molecule has 0 spiro atoms. The van der Waals surface area contributed by atoms with E-state index in [4.69, 9.17) is 10.2 Å². The molecular weight excluding hydrogens is 400 g/mol. The average Bonchev–Trinajstić information content (AvgIpc) is 2.76. The molecule has 0 aliphatic heterocycles. The third kappa shape index (κ3) is 35.8. The minimum absolute atomic E-state index is 0.324. The van der Waals surface area contributed by atoms with Crippen LogP contribution in [0.4, 0.5) is 0 Å². The minimum Gasteiger partial charge on any atom is -0.481 e. The minimum atomic E-state index is -0.671. The van der Waals surface area contributed by atoms with Crippen molar-refractivity contribution in [1.29, 1.82) is 0 Å². The molecule has 0 aromatic rings. The summed E-state index contributed by atoms with van der Waals surface area (Å²) < 4.78 is 0. The predicted octanol–water partition coefficient (Wildman–Crippen LogP) is 9.10. The molecule has 0 radical (unpaired) electrons. The Labute approximate surface area is 198 Å². The summed E-state index contributed by atoms with van der Waals surface area (Å²) in [5.74, 6) is -1.33. The fraction of sp³-hybridized carbons (Fsp3) is 0.786. The Hall–Kier alpha value is -1.58. The molecule has 0 aromatic carbocycles. The summed E-state index contributed by atoms with van der Waals surface area (Å²) >= 11 is 0. The van der Waals surface area contributed by atoms with Gasteiger partial charge in [0.2, 0.25) is 0 Å². The van der Waals surface area contributed by atoms with Crippen LogP contribution in [0, 0.1) is 0 Å². The van der Waals surface area contributed by atoms with Crippen LogP contribution < -0.4 is 0 Å². The lowest BCUT2D eigenvalue weighted by molar-refractivity contribution is -0.138. The molecule has 32 heavy (non-hydrogen) atoms. The van der Waals surface area contributed by atoms with Gasteiger partial charge in [-0.25, -0.2) is 0 Å². The van der Waals surface area contributed by atoms with Crippen LogP contribution in [0.25, 0.3) is 0 Å². The van der Waals surface area contributed by atoms with E-state index in [1.54, 1.807) is 0 Å². The van der Waals surface area contributed by atoms with E-state index in [9.17, 15) is 9.59 Å². The van der Waals surface area contributed by atoms with Crippen molar-refractivity contribution in [2.75, 3.05) is 0 Å². The maximum atomic E-state index is 10.3. The Kier molecular flexibility index (Phi) is 30.0. The lowest BCUT2D eigenvalue weighted by atomic mass is 10.1. The fourth-order valence-electron chi connectivity index (χ4n) is 3.32.